The van der Waals surface area contributed by atoms with Crippen molar-refractivity contribution in [2.75, 3.05) is 5.32 Å². The summed E-state index contributed by atoms with van der Waals surface area (Å²) < 4.78 is 29.6. The summed E-state index contributed by atoms with van der Waals surface area (Å²) in [5, 5.41) is 4.66. The molecule has 0 atom stereocenters. The Hall–Kier alpha value is -1.91. The van der Waals surface area contributed by atoms with Gasteiger partial charge < -0.3 is 13.1 Å². The van der Waals surface area contributed by atoms with E-state index in [0.717, 1.165) is 15.3 Å². The van der Waals surface area contributed by atoms with Crippen molar-refractivity contribution in [3.8, 4) is 0 Å². The van der Waals surface area contributed by atoms with E-state index in [1.807, 2.05) is 24.3 Å². The summed E-state index contributed by atoms with van der Waals surface area (Å²) in [6.45, 7) is -0.312. The van der Waals surface area contributed by atoms with Gasteiger partial charge in [0.25, 0.3) is 0 Å². The molecule has 0 bridgehead atoms. The van der Waals surface area contributed by atoms with Gasteiger partial charge in [-0.2, -0.15) is 0 Å². The Morgan fingerprint density at radius 1 is 1.17 bits per heavy atom. The van der Waals surface area contributed by atoms with Crippen LogP contribution in [-0.4, -0.2) is 6.84 Å². The highest BCUT2D eigenvalue weighted by atomic mass is 19.2. The fourth-order valence-electron chi connectivity index (χ4n) is 2.46. The van der Waals surface area contributed by atoms with Crippen LogP contribution >= 0.6 is 0 Å². The van der Waals surface area contributed by atoms with Crippen LogP contribution < -0.4 is 9.79 Å². The number of benzene rings is 1. The van der Waals surface area contributed by atoms with Gasteiger partial charge in [0.2, 0.25) is 5.82 Å². The van der Waals surface area contributed by atoms with Crippen molar-refractivity contribution in [3.05, 3.63) is 47.7 Å². The summed E-state index contributed by atoms with van der Waals surface area (Å²) in [6, 6.07) is 9.26. The number of nitrogens with zero attached hydrogens (tertiary/aromatic N) is 1. The van der Waals surface area contributed by atoms with Gasteiger partial charge in [-0.1, -0.05) is 23.8 Å². The third kappa shape index (κ3) is 1.36. The molecule has 0 spiro atoms. The van der Waals surface area contributed by atoms with Gasteiger partial charge in [0.05, 0.1) is 11.0 Å². The molecule has 1 aliphatic heterocycles. The molecule has 92 valence electrons. The summed E-state index contributed by atoms with van der Waals surface area (Å²) in [4.78, 5) is 0. The molecule has 5 heteroatoms. The maximum atomic E-state index is 14.3. The standard InChI is InChI=1S/C13H13BF2N2/c1-9(2)12-14(15,16)18-8-7-10-5-3-4-6-11(10)13(18)17-12/h3-8,17H,1-2H3. The summed E-state index contributed by atoms with van der Waals surface area (Å²) in [6.07, 6.45) is 1.46. The molecule has 0 saturated heterocycles. The third-order valence-corrected chi connectivity index (χ3v) is 3.38. The Labute approximate surface area is 104 Å². The molecule has 1 aliphatic rings. The zero-order valence-electron chi connectivity index (χ0n) is 10.2. The van der Waals surface area contributed by atoms with Gasteiger partial charge in [0, 0.05) is 6.20 Å². The number of halogens is 2. The van der Waals surface area contributed by atoms with E-state index < -0.39 is 6.84 Å². The van der Waals surface area contributed by atoms with Crippen molar-refractivity contribution in [2.45, 2.75) is 13.8 Å². The molecule has 0 radical (unpaired) electrons. The van der Waals surface area contributed by atoms with Crippen LogP contribution in [0, 0.1) is 0 Å². The first-order chi connectivity index (χ1) is 8.51. The second kappa shape index (κ2) is 3.54. The molecule has 0 amide bonds. The van der Waals surface area contributed by atoms with Crippen LogP contribution in [0.15, 0.2) is 47.7 Å². The fourth-order valence-corrected chi connectivity index (χ4v) is 2.46. The smallest absolute Gasteiger partial charge is 0.430 e. The molecule has 2 nitrogen and oxygen atoms in total. The van der Waals surface area contributed by atoms with Gasteiger partial charge in [0.1, 0.15) is 0 Å². The van der Waals surface area contributed by atoms with Gasteiger partial charge in [-0.25, -0.2) is 0 Å². The monoisotopic (exact) mass is 246 g/mol. The molecule has 1 aromatic carbocycles. The second-order valence-corrected chi connectivity index (χ2v) is 4.82. The molecule has 0 fully saturated rings. The largest absolute Gasteiger partial charge is 0.586 e. The van der Waals surface area contributed by atoms with Crippen LogP contribution in [0.25, 0.3) is 10.8 Å². The van der Waals surface area contributed by atoms with Gasteiger partial charge in [-0.15, -0.1) is 0 Å². The highest BCUT2D eigenvalue weighted by molar-refractivity contribution is 6.67. The molecule has 2 heterocycles. The molecule has 0 unspecified atom stereocenters. The first-order valence-corrected chi connectivity index (χ1v) is 5.91. The SMILES string of the molecule is CC(C)=C1Nc2c3ccccc3cc[n+]2[B-]1(F)F. The second-order valence-electron chi connectivity index (χ2n) is 4.82. The van der Waals surface area contributed by atoms with Crippen molar-refractivity contribution in [1.82, 2.24) is 0 Å². The predicted octanol–water partition coefficient (Wildman–Crippen LogP) is 3.11. The Morgan fingerprint density at radius 2 is 1.89 bits per heavy atom. The minimum atomic E-state index is -3.71. The summed E-state index contributed by atoms with van der Waals surface area (Å²) in [5.74, 6) is 0.481. The summed E-state index contributed by atoms with van der Waals surface area (Å²) >= 11 is 0. The normalized spacial score (nSPS) is 16.6. The van der Waals surface area contributed by atoms with Crippen LogP contribution in [-0.2, 0) is 0 Å². The molecule has 1 N–H and O–H groups in total. The first kappa shape index (κ1) is 11.2. The molecule has 18 heavy (non-hydrogen) atoms. The number of aromatic nitrogens is 1. The van der Waals surface area contributed by atoms with Crippen LogP contribution in [0.3, 0.4) is 0 Å². The van der Waals surface area contributed by atoms with E-state index in [2.05, 4.69) is 5.32 Å². The maximum Gasteiger partial charge on any atom is 0.586 e. The molecular weight excluding hydrogens is 233 g/mol. The minimum absolute atomic E-state index is 0.0337. The number of hydrogen-bond donors (Lipinski definition) is 1. The van der Waals surface area contributed by atoms with Crippen LogP contribution in [0.2, 0.25) is 0 Å². The highest BCUT2D eigenvalue weighted by Gasteiger charge is 2.49. The topological polar surface area (TPSA) is 15.9 Å². The van der Waals surface area contributed by atoms with Crippen molar-refractivity contribution in [1.29, 1.82) is 0 Å². The van der Waals surface area contributed by atoms with Crippen molar-refractivity contribution in [2.24, 2.45) is 0 Å². The van der Waals surface area contributed by atoms with Crippen LogP contribution in [0.5, 0.6) is 0 Å². The Bertz CT molecular complexity index is 676. The molecule has 3 rings (SSSR count). The summed E-state index contributed by atoms with van der Waals surface area (Å²) in [7, 11) is 0. The Balaban J connectivity index is 2.35. The predicted molar refractivity (Wildman–Crippen MR) is 69.5 cm³/mol. The Morgan fingerprint density at radius 3 is 2.61 bits per heavy atom. The lowest BCUT2D eigenvalue weighted by Gasteiger charge is -2.15. The minimum Gasteiger partial charge on any atom is -0.430 e. The molecule has 2 aromatic rings. The number of rotatable bonds is 0. The Kier molecular flexibility index (Phi) is 2.20. The lowest BCUT2D eigenvalue weighted by molar-refractivity contribution is -0.541. The van der Waals surface area contributed by atoms with E-state index >= 15 is 0 Å². The quantitative estimate of drug-likeness (QED) is 0.706. The number of allylic oxidation sites excluding steroid dienone is 1. The zero-order valence-corrected chi connectivity index (χ0v) is 10.2. The van der Waals surface area contributed by atoms with E-state index in [-0.39, 0.29) is 5.60 Å². The van der Waals surface area contributed by atoms with E-state index in [9.17, 15) is 8.63 Å². The average molecular weight is 246 g/mol. The van der Waals surface area contributed by atoms with Gasteiger partial charge in [-0.3, -0.25) is 5.32 Å². The number of pyridine rings is 1. The molecular formula is C13H13BF2N2. The van der Waals surface area contributed by atoms with Crippen molar-refractivity contribution in [3.63, 3.8) is 0 Å². The number of hydrogen-bond acceptors (Lipinski definition) is 1. The van der Waals surface area contributed by atoms with E-state index in [1.54, 1.807) is 19.9 Å². The van der Waals surface area contributed by atoms with E-state index in [0.29, 0.717) is 11.4 Å². The van der Waals surface area contributed by atoms with Crippen molar-refractivity contribution >= 4 is 23.4 Å². The third-order valence-electron chi connectivity index (χ3n) is 3.38. The molecule has 1 aromatic heterocycles. The highest BCUT2D eigenvalue weighted by Crippen LogP contribution is 2.32. The zero-order chi connectivity index (χ0) is 12.9. The number of fused-ring (bicyclic) bond motifs is 3. The number of anilines is 1. The lowest BCUT2D eigenvalue weighted by Crippen LogP contribution is -2.56. The van der Waals surface area contributed by atoms with Crippen LogP contribution in [0.4, 0.5) is 14.4 Å². The van der Waals surface area contributed by atoms with E-state index in [1.165, 1.54) is 6.20 Å². The van der Waals surface area contributed by atoms with Crippen molar-refractivity contribution < 1.29 is 13.1 Å². The lowest BCUT2D eigenvalue weighted by atomic mass is 9.74. The van der Waals surface area contributed by atoms with Crippen LogP contribution in [0.1, 0.15) is 13.8 Å². The van der Waals surface area contributed by atoms with Gasteiger partial charge in [0.15, 0.2) is 0 Å². The first-order valence-electron chi connectivity index (χ1n) is 5.91. The fraction of sp³-hybridized carbons (Fsp3) is 0.154. The van der Waals surface area contributed by atoms with E-state index in [4.69, 9.17) is 0 Å². The maximum absolute atomic E-state index is 14.3. The molecule has 0 saturated carbocycles. The number of nitrogens with one attached hydrogen (secondary N) is 1. The summed E-state index contributed by atoms with van der Waals surface area (Å²) in [5.41, 5.74) is 0.652. The van der Waals surface area contributed by atoms with Gasteiger partial charge in [-0.05, 0) is 31.4 Å². The molecule has 0 aliphatic carbocycles. The van der Waals surface area contributed by atoms with Gasteiger partial charge >= 0.3 is 6.84 Å². The average Bonchev–Trinajstić information content (AvgIpc) is 2.61.